The maximum absolute atomic E-state index is 11.1. The Labute approximate surface area is 54.8 Å². The summed E-state index contributed by atoms with van der Waals surface area (Å²) < 4.78 is 53.0. The fourth-order valence-corrected chi connectivity index (χ4v) is 1.06. The van der Waals surface area contributed by atoms with Gasteiger partial charge in [0.2, 0.25) is 8.87 Å². The molecule has 0 amide bonds. The van der Waals surface area contributed by atoms with E-state index < -0.39 is 20.8 Å². The number of halogens is 3. The van der Waals surface area contributed by atoms with Gasteiger partial charge in [0, 0.05) is 0 Å². The molecule has 0 unspecified atom stereocenters. The van der Waals surface area contributed by atoms with E-state index in [0.717, 1.165) is 0 Å². The predicted octanol–water partition coefficient (Wildman–Crippen LogP) is 0.808. The molecule has 0 aliphatic carbocycles. The topological polar surface area (TPSA) is 34.1 Å². The first-order valence-electron chi connectivity index (χ1n) is 1.73. The Morgan fingerprint density at radius 2 is 1.67 bits per heavy atom. The average Bonchev–Trinajstić information content (AvgIpc) is 1.14. The van der Waals surface area contributed by atoms with E-state index in [-0.39, 0.29) is 0 Å². The minimum Gasteiger partial charge on any atom is -0.217 e. The second-order valence-electron chi connectivity index (χ2n) is 1.34. The van der Waals surface area contributed by atoms with Gasteiger partial charge in [-0.15, -0.1) is 0 Å². The SMILES string of the molecule is O=S(=O)(S)CC(F)(F)F. The third-order valence-corrected chi connectivity index (χ3v) is 1.43. The van der Waals surface area contributed by atoms with Gasteiger partial charge in [-0.25, -0.2) is 8.42 Å². The van der Waals surface area contributed by atoms with E-state index in [9.17, 15) is 21.6 Å². The molecule has 0 bridgehead atoms. The maximum Gasteiger partial charge on any atom is 0.403 e. The molecule has 0 radical (unpaired) electrons. The van der Waals surface area contributed by atoms with E-state index in [1.165, 1.54) is 0 Å². The van der Waals surface area contributed by atoms with Crippen LogP contribution < -0.4 is 0 Å². The van der Waals surface area contributed by atoms with Crippen molar-refractivity contribution >= 4 is 20.5 Å². The summed E-state index contributed by atoms with van der Waals surface area (Å²) in [6.45, 7) is 0. The highest BCUT2D eigenvalue weighted by Crippen LogP contribution is 2.18. The lowest BCUT2D eigenvalue weighted by atomic mass is 10.8. The molecule has 0 rings (SSSR count). The summed E-state index contributed by atoms with van der Waals surface area (Å²) in [6.07, 6.45) is -4.68. The maximum atomic E-state index is 11.1. The van der Waals surface area contributed by atoms with Crippen LogP contribution in [0.15, 0.2) is 0 Å². The molecule has 0 aromatic carbocycles. The number of hydrogen-bond acceptors (Lipinski definition) is 2. The van der Waals surface area contributed by atoms with Gasteiger partial charge in [-0.05, 0) is 11.7 Å². The minimum absolute atomic E-state index is 1.87. The van der Waals surface area contributed by atoms with Crippen LogP contribution >= 0.6 is 11.7 Å². The normalized spacial score (nSPS) is 13.8. The van der Waals surface area contributed by atoms with Crippen LogP contribution in [0.25, 0.3) is 0 Å². The third-order valence-electron chi connectivity index (χ3n) is 0.346. The number of thiol groups is 1. The molecule has 0 spiro atoms. The van der Waals surface area contributed by atoms with E-state index in [4.69, 9.17) is 0 Å². The van der Waals surface area contributed by atoms with E-state index in [1.54, 1.807) is 0 Å². The molecule has 7 heteroatoms. The summed E-state index contributed by atoms with van der Waals surface area (Å²) in [6, 6.07) is 0. The molecule has 0 fully saturated rings. The minimum atomic E-state index is -4.68. The van der Waals surface area contributed by atoms with Crippen LogP contribution in [0.5, 0.6) is 0 Å². The lowest BCUT2D eigenvalue weighted by molar-refractivity contribution is -0.106. The van der Waals surface area contributed by atoms with Crippen LogP contribution in [-0.2, 0) is 8.87 Å². The summed E-state index contributed by atoms with van der Waals surface area (Å²) in [4.78, 5) is 0. The summed E-state index contributed by atoms with van der Waals surface area (Å²) in [5.41, 5.74) is 0. The molecular weight excluding hydrogens is 177 g/mol. The van der Waals surface area contributed by atoms with Crippen LogP contribution in [-0.4, -0.2) is 20.3 Å². The average molecular weight is 180 g/mol. The standard InChI is InChI=1S/C2H3F3O2S2/c3-2(4,5)1-9(6,7)8/h1H2,(H,6,7,8). The van der Waals surface area contributed by atoms with Gasteiger partial charge in [0.25, 0.3) is 0 Å². The van der Waals surface area contributed by atoms with Gasteiger partial charge in [-0.2, -0.15) is 13.2 Å². The molecular formula is C2H3F3O2S2. The highest BCUT2D eigenvalue weighted by Gasteiger charge is 2.33. The van der Waals surface area contributed by atoms with Crippen molar-refractivity contribution in [1.29, 1.82) is 0 Å². The lowest BCUT2D eigenvalue weighted by Gasteiger charge is -2.00. The molecule has 0 saturated carbocycles. The van der Waals surface area contributed by atoms with Crippen molar-refractivity contribution in [3.8, 4) is 0 Å². The molecule has 0 heterocycles. The Morgan fingerprint density at radius 1 is 1.33 bits per heavy atom. The molecule has 56 valence electrons. The van der Waals surface area contributed by atoms with Crippen molar-refractivity contribution in [2.45, 2.75) is 6.18 Å². The van der Waals surface area contributed by atoms with Crippen LogP contribution in [0.3, 0.4) is 0 Å². The molecule has 0 aliphatic heterocycles. The molecule has 0 atom stereocenters. The molecule has 0 N–H and O–H groups in total. The number of hydrogen-bond donors (Lipinski definition) is 1. The fourth-order valence-electron chi connectivity index (χ4n) is 0.207. The Bertz CT molecular complexity index is 178. The van der Waals surface area contributed by atoms with E-state index >= 15 is 0 Å². The van der Waals surface area contributed by atoms with Crippen molar-refractivity contribution in [3.05, 3.63) is 0 Å². The highest BCUT2D eigenvalue weighted by molar-refractivity contribution is 8.63. The van der Waals surface area contributed by atoms with Crippen molar-refractivity contribution in [2.75, 3.05) is 5.75 Å². The van der Waals surface area contributed by atoms with Gasteiger partial charge in [0.05, 0.1) is 0 Å². The van der Waals surface area contributed by atoms with Crippen LogP contribution in [0, 0.1) is 0 Å². The summed E-state index contributed by atoms with van der Waals surface area (Å²) in [7, 11) is -4.21. The van der Waals surface area contributed by atoms with E-state index in [0.29, 0.717) is 0 Å². The zero-order valence-electron chi connectivity index (χ0n) is 4.01. The Morgan fingerprint density at radius 3 is 1.67 bits per heavy atom. The Balaban J connectivity index is 4.07. The molecule has 0 saturated heterocycles. The predicted molar refractivity (Wildman–Crippen MR) is 28.8 cm³/mol. The van der Waals surface area contributed by atoms with Gasteiger partial charge >= 0.3 is 6.18 Å². The first kappa shape index (κ1) is 9.09. The second kappa shape index (κ2) is 2.37. The lowest BCUT2D eigenvalue weighted by Crippen LogP contribution is -2.18. The third kappa shape index (κ3) is 8.09. The van der Waals surface area contributed by atoms with Crippen LogP contribution in [0.1, 0.15) is 0 Å². The first-order valence-corrected chi connectivity index (χ1v) is 4.43. The molecule has 9 heavy (non-hydrogen) atoms. The van der Waals surface area contributed by atoms with Gasteiger partial charge in [0.1, 0.15) is 0 Å². The highest BCUT2D eigenvalue weighted by atomic mass is 33.1. The molecule has 2 nitrogen and oxygen atoms in total. The zero-order chi connectivity index (χ0) is 7.71. The largest absolute Gasteiger partial charge is 0.403 e. The fraction of sp³-hybridized carbons (Fsp3) is 1.00. The van der Waals surface area contributed by atoms with Gasteiger partial charge in [0.15, 0.2) is 5.75 Å². The van der Waals surface area contributed by atoms with Crippen molar-refractivity contribution < 1.29 is 21.6 Å². The monoisotopic (exact) mass is 180 g/mol. The number of alkyl halides is 3. The molecule has 0 aromatic heterocycles. The van der Waals surface area contributed by atoms with E-state index in [2.05, 4.69) is 11.7 Å². The van der Waals surface area contributed by atoms with Crippen molar-refractivity contribution in [2.24, 2.45) is 0 Å². The quantitative estimate of drug-likeness (QED) is 0.478. The van der Waals surface area contributed by atoms with Crippen molar-refractivity contribution in [1.82, 2.24) is 0 Å². The first-order chi connectivity index (χ1) is 3.71. The van der Waals surface area contributed by atoms with Crippen LogP contribution in [0.2, 0.25) is 0 Å². The summed E-state index contributed by atoms with van der Waals surface area (Å²) in [5.74, 6) is -1.87. The molecule has 0 aliphatic rings. The zero-order valence-corrected chi connectivity index (χ0v) is 5.72. The van der Waals surface area contributed by atoms with Gasteiger partial charge in [-0.3, -0.25) is 0 Å². The Hall–Kier alpha value is 0.0900. The molecule has 0 aromatic rings. The smallest absolute Gasteiger partial charge is 0.217 e. The van der Waals surface area contributed by atoms with Gasteiger partial charge in [-0.1, -0.05) is 0 Å². The second-order valence-corrected chi connectivity index (χ2v) is 4.46. The van der Waals surface area contributed by atoms with E-state index in [1.807, 2.05) is 0 Å². The van der Waals surface area contributed by atoms with Crippen LogP contribution in [0.4, 0.5) is 13.2 Å². The summed E-state index contributed by atoms with van der Waals surface area (Å²) >= 11 is 2.70. The van der Waals surface area contributed by atoms with Crippen molar-refractivity contribution in [3.63, 3.8) is 0 Å². The number of rotatable bonds is 1. The van der Waals surface area contributed by atoms with Gasteiger partial charge < -0.3 is 0 Å². The Kier molecular flexibility index (Phi) is 2.40. The summed E-state index contributed by atoms with van der Waals surface area (Å²) in [5, 5.41) is 0.